The SMILES string of the molecule is CC1CC(N)CN(S(=O)(=O)c2ccc3[nH]c(=O)[nH]c3c2)C1. The number of benzene rings is 1. The van der Waals surface area contributed by atoms with E-state index in [-0.39, 0.29) is 22.5 Å². The lowest BCUT2D eigenvalue weighted by Crippen LogP contribution is -2.48. The van der Waals surface area contributed by atoms with E-state index in [1.165, 1.54) is 16.4 Å². The van der Waals surface area contributed by atoms with Crippen molar-refractivity contribution in [1.29, 1.82) is 0 Å². The molecule has 0 aliphatic carbocycles. The van der Waals surface area contributed by atoms with Crippen LogP contribution in [0.5, 0.6) is 0 Å². The molecule has 1 aromatic carbocycles. The summed E-state index contributed by atoms with van der Waals surface area (Å²) in [6.07, 6.45) is 0.830. The molecule has 2 unspecified atom stereocenters. The van der Waals surface area contributed by atoms with E-state index < -0.39 is 10.0 Å². The zero-order valence-corrected chi connectivity index (χ0v) is 12.5. The molecule has 21 heavy (non-hydrogen) atoms. The van der Waals surface area contributed by atoms with E-state index in [2.05, 4.69) is 9.97 Å². The first kappa shape index (κ1) is 14.3. The Kier molecular flexibility index (Phi) is 3.39. The van der Waals surface area contributed by atoms with Crippen molar-refractivity contribution in [3.05, 3.63) is 28.7 Å². The molecule has 3 rings (SSSR count). The first-order valence-electron chi connectivity index (χ1n) is 6.84. The molecule has 0 bridgehead atoms. The van der Waals surface area contributed by atoms with E-state index in [0.717, 1.165) is 6.42 Å². The van der Waals surface area contributed by atoms with Crippen LogP contribution in [0.4, 0.5) is 0 Å². The van der Waals surface area contributed by atoms with Gasteiger partial charge in [0.15, 0.2) is 0 Å². The number of imidazole rings is 1. The Morgan fingerprint density at radius 1 is 1.24 bits per heavy atom. The maximum atomic E-state index is 12.7. The van der Waals surface area contributed by atoms with Crippen LogP contribution in [0.25, 0.3) is 11.0 Å². The smallest absolute Gasteiger partial charge is 0.323 e. The van der Waals surface area contributed by atoms with Gasteiger partial charge < -0.3 is 15.7 Å². The highest BCUT2D eigenvalue weighted by atomic mass is 32.2. The molecule has 1 saturated heterocycles. The number of nitrogens with two attached hydrogens (primary N) is 1. The van der Waals surface area contributed by atoms with Gasteiger partial charge in [-0.3, -0.25) is 0 Å². The molecule has 2 atom stereocenters. The van der Waals surface area contributed by atoms with Crippen LogP contribution in [0.1, 0.15) is 13.3 Å². The number of sulfonamides is 1. The van der Waals surface area contributed by atoms with Crippen molar-refractivity contribution < 1.29 is 8.42 Å². The number of nitrogens with zero attached hydrogens (tertiary/aromatic N) is 1. The van der Waals surface area contributed by atoms with Crippen LogP contribution in [-0.2, 0) is 10.0 Å². The second kappa shape index (κ2) is 4.97. The monoisotopic (exact) mass is 310 g/mol. The molecule has 1 fully saturated rings. The van der Waals surface area contributed by atoms with Crippen LogP contribution in [0.3, 0.4) is 0 Å². The Morgan fingerprint density at radius 2 is 1.95 bits per heavy atom. The normalized spacial score (nSPS) is 24.5. The van der Waals surface area contributed by atoms with E-state index in [1.807, 2.05) is 6.92 Å². The molecule has 7 nitrogen and oxygen atoms in total. The van der Waals surface area contributed by atoms with Crippen LogP contribution in [-0.4, -0.2) is 41.8 Å². The molecule has 2 heterocycles. The summed E-state index contributed by atoms with van der Waals surface area (Å²) < 4.78 is 26.8. The number of piperidine rings is 1. The van der Waals surface area contributed by atoms with Crippen LogP contribution in [0, 0.1) is 5.92 Å². The number of hydrogen-bond donors (Lipinski definition) is 3. The summed E-state index contributed by atoms with van der Waals surface area (Å²) >= 11 is 0. The number of hydrogen-bond acceptors (Lipinski definition) is 4. The molecule has 0 radical (unpaired) electrons. The first-order valence-corrected chi connectivity index (χ1v) is 8.28. The molecule has 0 spiro atoms. The van der Waals surface area contributed by atoms with Crippen molar-refractivity contribution in [3.8, 4) is 0 Å². The van der Waals surface area contributed by atoms with Crippen molar-refractivity contribution in [1.82, 2.24) is 14.3 Å². The number of rotatable bonds is 2. The maximum absolute atomic E-state index is 12.7. The molecule has 1 aliphatic heterocycles. The zero-order valence-electron chi connectivity index (χ0n) is 11.7. The Morgan fingerprint density at radius 3 is 2.67 bits per heavy atom. The van der Waals surface area contributed by atoms with Gasteiger partial charge in [-0.2, -0.15) is 4.31 Å². The largest absolute Gasteiger partial charge is 0.326 e. The highest BCUT2D eigenvalue weighted by Crippen LogP contribution is 2.24. The third kappa shape index (κ3) is 2.61. The fourth-order valence-electron chi connectivity index (χ4n) is 2.87. The fraction of sp³-hybridized carbons (Fsp3) is 0.462. The van der Waals surface area contributed by atoms with E-state index >= 15 is 0 Å². The topological polar surface area (TPSA) is 112 Å². The van der Waals surface area contributed by atoms with Crippen LogP contribution >= 0.6 is 0 Å². The zero-order chi connectivity index (χ0) is 15.2. The maximum Gasteiger partial charge on any atom is 0.323 e. The highest BCUT2D eigenvalue weighted by molar-refractivity contribution is 7.89. The molecule has 2 aromatic rings. The third-order valence-electron chi connectivity index (χ3n) is 3.78. The van der Waals surface area contributed by atoms with Gasteiger partial charge in [0.05, 0.1) is 15.9 Å². The Labute approximate surface area is 122 Å². The van der Waals surface area contributed by atoms with E-state index in [0.29, 0.717) is 24.1 Å². The number of nitrogens with one attached hydrogen (secondary N) is 2. The standard InChI is InChI=1S/C13H18N4O3S/c1-8-4-9(14)7-17(6-8)21(19,20)10-2-3-11-12(5-10)16-13(18)15-11/h2-3,5,8-9H,4,6-7,14H2,1H3,(H2,15,16,18). The Balaban J connectivity index is 2.01. The van der Waals surface area contributed by atoms with Gasteiger partial charge in [-0.15, -0.1) is 0 Å². The summed E-state index contributed by atoms with van der Waals surface area (Å²) in [5.74, 6) is 0.235. The van der Waals surface area contributed by atoms with Gasteiger partial charge in [0, 0.05) is 19.1 Å². The van der Waals surface area contributed by atoms with Crippen molar-refractivity contribution in [2.75, 3.05) is 13.1 Å². The lowest BCUT2D eigenvalue weighted by Gasteiger charge is -2.33. The second-order valence-electron chi connectivity index (χ2n) is 5.71. The Hall–Kier alpha value is -1.64. The average Bonchev–Trinajstić information content (AvgIpc) is 2.76. The van der Waals surface area contributed by atoms with E-state index in [4.69, 9.17) is 5.73 Å². The number of aromatic amines is 2. The summed E-state index contributed by atoms with van der Waals surface area (Å²) in [5, 5.41) is 0. The minimum atomic E-state index is -3.59. The van der Waals surface area contributed by atoms with E-state index in [1.54, 1.807) is 6.07 Å². The van der Waals surface area contributed by atoms with Crippen molar-refractivity contribution in [2.45, 2.75) is 24.3 Å². The molecule has 8 heteroatoms. The summed E-state index contributed by atoms with van der Waals surface area (Å²) in [7, 11) is -3.59. The molecule has 1 aromatic heterocycles. The van der Waals surface area contributed by atoms with Gasteiger partial charge in [-0.1, -0.05) is 6.92 Å². The number of fused-ring (bicyclic) bond motifs is 1. The fourth-order valence-corrected chi connectivity index (χ4v) is 4.51. The molecular formula is C13H18N4O3S. The number of aromatic nitrogens is 2. The number of H-pyrrole nitrogens is 2. The van der Waals surface area contributed by atoms with Gasteiger partial charge in [0.1, 0.15) is 0 Å². The van der Waals surface area contributed by atoms with Gasteiger partial charge in [-0.25, -0.2) is 13.2 Å². The summed E-state index contributed by atoms with van der Waals surface area (Å²) in [4.78, 5) is 16.6. The minimum Gasteiger partial charge on any atom is -0.326 e. The van der Waals surface area contributed by atoms with Crippen LogP contribution in [0.15, 0.2) is 27.9 Å². The average molecular weight is 310 g/mol. The summed E-state index contributed by atoms with van der Waals surface area (Å²) in [6, 6.07) is 4.44. The summed E-state index contributed by atoms with van der Waals surface area (Å²) in [5.41, 5.74) is 6.64. The molecule has 4 N–H and O–H groups in total. The molecule has 0 saturated carbocycles. The van der Waals surface area contributed by atoms with Crippen molar-refractivity contribution in [2.24, 2.45) is 11.7 Å². The van der Waals surface area contributed by atoms with Gasteiger partial charge in [-0.05, 0) is 30.5 Å². The second-order valence-corrected chi connectivity index (χ2v) is 7.65. The summed E-state index contributed by atoms with van der Waals surface area (Å²) in [6.45, 7) is 2.79. The third-order valence-corrected chi connectivity index (χ3v) is 5.61. The highest BCUT2D eigenvalue weighted by Gasteiger charge is 2.32. The molecule has 1 aliphatic rings. The molecule has 114 valence electrons. The Bertz CT molecular complexity index is 813. The van der Waals surface area contributed by atoms with Gasteiger partial charge in [0.2, 0.25) is 10.0 Å². The molecule has 0 amide bonds. The lowest BCUT2D eigenvalue weighted by molar-refractivity contribution is 0.254. The predicted octanol–water partition coefficient (Wildman–Crippen LogP) is 0.214. The van der Waals surface area contributed by atoms with Crippen molar-refractivity contribution in [3.63, 3.8) is 0 Å². The van der Waals surface area contributed by atoms with E-state index in [9.17, 15) is 13.2 Å². The minimum absolute atomic E-state index is 0.140. The quantitative estimate of drug-likeness (QED) is 0.736. The molecular weight excluding hydrogens is 292 g/mol. The lowest BCUT2D eigenvalue weighted by atomic mass is 9.99. The van der Waals surface area contributed by atoms with Gasteiger partial charge in [0.25, 0.3) is 0 Å². The van der Waals surface area contributed by atoms with Crippen molar-refractivity contribution >= 4 is 21.1 Å². The van der Waals surface area contributed by atoms with Gasteiger partial charge >= 0.3 is 5.69 Å². The van der Waals surface area contributed by atoms with Crippen LogP contribution in [0.2, 0.25) is 0 Å². The predicted molar refractivity (Wildman–Crippen MR) is 79.4 cm³/mol. The van der Waals surface area contributed by atoms with Crippen LogP contribution < -0.4 is 11.4 Å². The first-order chi connectivity index (χ1) is 9.86.